The Labute approximate surface area is 170 Å². The van der Waals surface area contributed by atoms with Crippen molar-refractivity contribution in [2.24, 2.45) is 11.8 Å². The molecule has 0 N–H and O–H groups in total. The van der Waals surface area contributed by atoms with Gasteiger partial charge in [-0.25, -0.2) is 4.90 Å². The number of para-hydroxylation sites is 1. The second-order valence-corrected chi connectivity index (χ2v) is 8.66. The maximum absolute atomic E-state index is 13.8. The van der Waals surface area contributed by atoms with Crippen molar-refractivity contribution in [1.82, 2.24) is 0 Å². The quantitative estimate of drug-likeness (QED) is 0.581. The lowest BCUT2D eigenvalue weighted by Crippen LogP contribution is -2.51. The molecule has 7 rings (SSSR count). The fourth-order valence-electron chi connectivity index (χ4n) is 6.20. The maximum atomic E-state index is 13.8. The minimum Gasteiger partial charge on any atom is -0.274 e. The molecule has 1 fully saturated rings. The summed E-state index contributed by atoms with van der Waals surface area (Å²) in [7, 11) is 0. The Kier molecular flexibility index (Phi) is 3.14. The Morgan fingerprint density at radius 1 is 0.759 bits per heavy atom. The molecule has 0 unspecified atom stereocenters. The van der Waals surface area contributed by atoms with Crippen LogP contribution < -0.4 is 4.90 Å². The van der Waals surface area contributed by atoms with Crippen molar-refractivity contribution >= 4 is 17.5 Å². The zero-order valence-electron chi connectivity index (χ0n) is 16.4. The van der Waals surface area contributed by atoms with E-state index in [1.54, 1.807) is 0 Å². The number of benzene rings is 3. The van der Waals surface area contributed by atoms with Crippen LogP contribution in [0.15, 0.2) is 72.8 Å². The van der Waals surface area contributed by atoms with Gasteiger partial charge in [-0.1, -0.05) is 73.7 Å². The van der Waals surface area contributed by atoms with Crippen LogP contribution in [0.5, 0.6) is 0 Å². The molecule has 1 saturated heterocycles. The molecule has 4 aliphatic rings. The molecule has 1 heterocycles. The molecule has 1 aliphatic heterocycles. The molecule has 2 atom stereocenters. The molecule has 3 nitrogen and oxygen atoms in total. The zero-order chi connectivity index (χ0) is 19.9. The Morgan fingerprint density at radius 2 is 1.31 bits per heavy atom. The van der Waals surface area contributed by atoms with Crippen LogP contribution in [0.2, 0.25) is 0 Å². The van der Waals surface area contributed by atoms with Gasteiger partial charge < -0.3 is 0 Å². The van der Waals surface area contributed by atoms with E-state index in [1.165, 1.54) is 27.2 Å². The number of rotatable bonds is 1. The standard InChI is InChI=1S/C26H21NO2/c1-15-9-3-8-14-20(15)27-24(28)22-21-16-10-4-6-12-18(16)26(2,23(22)25(27)29)19-13-7-5-11-17(19)21/h3-14,21-23H,1-2H3/t21?,22-,23+,26?/m1/s1. The van der Waals surface area contributed by atoms with E-state index in [4.69, 9.17) is 0 Å². The predicted octanol–water partition coefficient (Wildman–Crippen LogP) is 4.57. The molecular weight excluding hydrogens is 358 g/mol. The predicted molar refractivity (Wildman–Crippen MR) is 112 cm³/mol. The molecule has 3 heteroatoms. The average Bonchev–Trinajstić information content (AvgIpc) is 3.01. The molecule has 0 spiro atoms. The zero-order valence-corrected chi connectivity index (χ0v) is 16.4. The molecular formula is C26H21NO2. The van der Waals surface area contributed by atoms with Crippen molar-refractivity contribution in [2.75, 3.05) is 4.90 Å². The highest BCUT2D eigenvalue weighted by Crippen LogP contribution is 2.64. The molecule has 142 valence electrons. The normalized spacial score (nSPS) is 28.9. The topological polar surface area (TPSA) is 37.4 Å². The van der Waals surface area contributed by atoms with Crippen LogP contribution in [-0.4, -0.2) is 11.8 Å². The number of hydrogen-bond acceptors (Lipinski definition) is 2. The maximum Gasteiger partial charge on any atom is 0.238 e. The summed E-state index contributed by atoms with van der Waals surface area (Å²) in [6.45, 7) is 4.11. The number of aryl methyl sites for hydroxylation is 1. The third kappa shape index (κ3) is 1.84. The SMILES string of the molecule is Cc1ccccc1N1C(=O)[C@@H]2C3c4ccccc4C(C)(c4ccccc43)[C@@H]2C1=O. The van der Waals surface area contributed by atoms with Gasteiger partial charge in [-0.2, -0.15) is 0 Å². The van der Waals surface area contributed by atoms with Crippen LogP contribution in [0.25, 0.3) is 0 Å². The third-order valence-corrected chi connectivity index (χ3v) is 7.40. The Hall–Kier alpha value is -3.20. The first-order chi connectivity index (χ1) is 14.0. The van der Waals surface area contributed by atoms with Crippen molar-refractivity contribution in [3.05, 3.63) is 101 Å². The van der Waals surface area contributed by atoms with Gasteiger partial charge in [-0.15, -0.1) is 0 Å². The van der Waals surface area contributed by atoms with Crippen molar-refractivity contribution in [3.8, 4) is 0 Å². The minimum atomic E-state index is -0.503. The summed E-state index contributed by atoms with van der Waals surface area (Å²) >= 11 is 0. The highest BCUT2D eigenvalue weighted by atomic mass is 16.2. The fraction of sp³-hybridized carbons (Fsp3) is 0.231. The van der Waals surface area contributed by atoms with Crippen molar-refractivity contribution in [3.63, 3.8) is 0 Å². The lowest BCUT2D eigenvalue weighted by molar-refractivity contribution is -0.123. The number of hydrogen-bond donors (Lipinski definition) is 0. The number of imide groups is 1. The van der Waals surface area contributed by atoms with Gasteiger partial charge in [-0.3, -0.25) is 9.59 Å². The second-order valence-electron chi connectivity index (χ2n) is 8.66. The molecule has 3 aromatic carbocycles. The van der Waals surface area contributed by atoms with Gasteiger partial charge in [-0.05, 0) is 40.8 Å². The molecule has 2 bridgehead atoms. The van der Waals surface area contributed by atoms with Gasteiger partial charge >= 0.3 is 0 Å². The molecule has 29 heavy (non-hydrogen) atoms. The minimum absolute atomic E-state index is 0.0606. The molecule has 3 aliphatic carbocycles. The van der Waals surface area contributed by atoms with Crippen LogP contribution in [-0.2, 0) is 15.0 Å². The van der Waals surface area contributed by atoms with E-state index in [2.05, 4.69) is 31.2 Å². The number of carbonyl (C=O) groups excluding carboxylic acids is 2. The van der Waals surface area contributed by atoms with Gasteiger partial charge in [0.05, 0.1) is 17.5 Å². The number of carbonyl (C=O) groups is 2. The van der Waals surface area contributed by atoms with E-state index < -0.39 is 5.41 Å². The molecule has 0 saturated carbocycles. The van der Waals surface area contributed by atoms with Crippen LogP contribution in [0.4, 0.5) is 5.69 Å². The van der Waals surface area contributed by atoms with E-state index in [0.29, 0.717) is 5.69 Å². The fourth-order valence-corrected chi connectivity index (χ4v) is 6.20. The Morgan fingerprint density at radius 3 is 1.93 bits per heavy atom. The first kappa shape index (κ1) is 16.7. The first-order valence-electron chi connectivity index (χ1n) is 10.2. The van der Waals surface area contributed by atoms with Crippen molar-refractivity contribution in [1.29, 1.82) is 0 Å². The second kappa shape index (κ2) is 5.44. The summed E-state index contributed by atoms with van der Waals surface area (Å²) in [5.41, 5.74) is 5.94. The number of nitrogens with zero attached hydrogens (tertiary/aromatic N) is 1. The molecule has 2 amide bonds. The van der Waals surface area contributed by atoms with Gasteiger partial charge in [0.2, 0.25) is 11.8 Å². The number of anilines is 1. The van der Waals surface area contributed by atoms with Crippen LogP contribution in [0.1, 0.15) is 40.7 Å². The summed E-state index contributed by atoms with van der Waals surface area (Å²) in [5.74, 6) is -0.915. The molecule has 0 aromatic heterocycles. The van der Waals surface area contributed by atoms with E-state index in [0.717, 1.165) is 5.56 Å². The lowest BCUT2D eigenvalue weighted by atomic mass is 9.48. The van der Waals surface area contributed by atoms with E-state index >= 15 is 0 Å². The van der Waals surface area contributed by atoms with Gasteiger partial charge in [0, 0.05) is 11.3 Å². The van der Waals surface area contributed by atoms with Crippen LogP contribution in [0, 0.1) is 18.8 Å². The van der Waals surface area contributed by atoms with Crippen molar-refractivity contribution in [2.45, 2.75) is 25.2 Å². The van der Waals surface area contributed by atoms with Crippen LogP contribution in [0.3, 0.4) is 0 Å². The van der Waals surface area contributed by atoms with E-state index in [-0.39, 0.29) is 29.6 Å². The smallest absolute Gasteiger partial charge is 0.238 e. The summed E-state index contributed by atoms with van der Waals surface area (Å²) in [4.78, 5) is 29.0. The Balaban J connectivity index is 1.64. The van der Waals surface area contributed by atoms with Crippen molar-refractivity contribution < 1.29 is 9.59 Å². The molecule has 0 radical (unpaired) electrons. The number of amides is 2. The van der Waals surface area contributed by atoms with Crippen LogP contribution >= 0.6 is 0 Å². The highest BCUT2D eigenvalue weighted by Gasteiger charge is 2.66. The molecule has 3 aromatic rings. The van der Waals surface area contributed by atoms with E-state index in [1.807, 2.05) is 55.5 Å². The van der Waals surface area contributed by atoms with Gasteiger partial charge in [0.15, 0.2) is 0 Å². The van der Waals surface area contributed by atoms with Gasteiger partial charge in [0.1, 0.15) is 0 Å². The largest absolute Gasteiger partial charge is 0.274 e. The summed E-state index contributed by atoms with van der Waals surface area (Å²) in [6, 6.07) is 24.4. The first-order valence-corrected chi connectivity index (χ1v) is 10.2. The summed E-state index contributed by atoms with van der Waals surface area (Å²) in [5, 5.41) is 0. The van der Waals surface area contributed by atoms with Gasteiger partial charge in [0.25, 0.3) is 0 Å². The monoisotopic (exact) mass is 379 g/mol. The lowest BCUT2D eigenvalue weighted by Gasteiger charge is -2.52. The Bertz CT molecular complexity index is 1160. The van der Waals surface area contributed by atoms with E-state index in [9.17, 15) is 9.59 Å². The third-order valence-electron chi connectivity index (χ3n) is 7.40. The average molecular weight is 379 g/mol. The summed E-state index contributed by atoms with van der Waals surface area (Å²) in [6.07, 6.45) is 0. The summed E-state index contributed by atoms with van der Waals surface area (Å²) < 4.78 is 0. The highest BCUT2D eigenvalue weighted by molar-refractivity contribution is 6.24.